The molecule has 0 aromatic carbocycles. The molecule has 0 saturated heterocycles. The molecule has 0 N–H and O–H groups in total. The Kier molecular flexibility index (Phi) is 4.51. The van der Waals surface area contributed by atoms with Crippen LogP contribution in [-0.2, 0) is 0 Å². The molecule has 0 aromatic heterocycles. The van der Waals surface area contributed by atoms with Crippen molar-refractivity contribution in [1.82, 2.24) is 0 Å². The Labute approximate surface area is 83.0 Å². The molecular formula is C6H10LiNS2. The molecule has 0 radical (unpaired) electrons. The summed E-state index contributed by atoms with van der Waals surface area (Å²) in [5, 5.41) is 0. The minimum atomic E-state index is 0. The quantitative estimate of drug-likeness (QED) is 0.353. The van der Waals surface area contributed by atoms with Crippen molar-refractivity contribution in [2.75, 3.05) is 5.75 Å². The van der Waals surface area contributed by atoms with E-state index in [1.165, 1.54) is 11.8 Å². The Morgan fingerprint density at radius 3 is 2.50 bits per heavy atom. The number of hydrogen-bond donors (Lipinski definition) is 0. The van der Waals surface area contributed by atoms with Crippen LogP contribution in [-0.4, -0.2) is 15.7 Å². The third-order valence-electron chi connectivity index (χ3n) is 1.07. The molecule has 0 spiro atoms. The van der Waals surface area contributed by atoms with Crippen LogP contribution < -0.4 is 18.9 Å². The van der Waals surface area contributed by atoms with Crippen molar-refractivity contribution in [3.05, 3.63) is 6.26 Å². The van der Waals surface area contributed by atoms with Crippen LogP contribution in [0.25, 0.3) is 0 Å². The summed E-state index contributed by atoms with van der Waals surface area (Å²) in [7, 11) is 0. The van der Waals surface area contributed by atoms with Crippen LogP contribution >= 0.6 is 23.5 Å². The summed E-state index contributed by atoms with van der Waals surface area (Å²) in [6, 6.07) is 0. The van der Waals surface area contributed by atoms with Gasteiger partial charge < -0.3 is 0 Å². The molecule has 0 saturated carbocycles. The molecule has 0 unspecified atom stereocenters. The number of nitrogens with zero attached hydrogens (tertiary/aromatic N) is 1. The average Bonchev–Trinajstić information content (AvgIpc) is 2.10. The van der Waals surface area contributed by atoms with E-state index in [4.69, 9.17) is 0 Å². The van der Waals surface area contributed by atoms with Gasteiger partial charge in [-0.2, -0.15) is 0 Å². The van der Waals surface area contributed by atoms with E-state index in [1.807, 2.05) is 0 Å². The van der Waals surface area contributed by atoms with Gasteiger partial charge in [0.05, 0.1) is 9.91 Å². The third kappa shape index (κ3) is 2.92. The van der Waals surface area contributed by atoms with Gasteiger partial charge in [-0.05, 0) is 13.8 Å². The van der Waals surface area contributed by atoms with Gasteiger partial charge in [0.15, 0.2) is 0 Å². The van der Waals surface area contributed by atoms with E-state index in [1.54, 1.807) is 11.8 Å². The first kappa shape index (κ1) is 11.0. The SMILES string of the molecule is [CH2-]SC1=NC(C)(C)CS1.[Li+]. The summed E-state index contributed by atoms with van der Waals surface area (Å²) < 4.78 is 1.13. The molecule has 1 heterocycles. The third-order valence-corrected chi connectivity index (χ3v) is 3.30. The maximum atomic E-state index is 4.42. The minimum absolute atomic E-state index is 0. The van der Waals surface area contributed by atoms with Gasteiger partial charge in [0.25, 0.3) is 0 Å². The predicted octanol–water partition coefficient (Wildman–Crippen LogP) is -0.603. The molecule has 1 aliphatic rings. The van der Waals surface area contributed by atoms with E-state index in [0.717, 1.165) is 10.1 Å². The van der Waals surface area contributed by atoms with Crippen molar-refractivity contribution in [2.45, 2.75) is 19.4 Å². The monoisotopic (exact) mass is 167 g/mol. The molecule has 1 aliphatic heterocycles. The van der Waals surface area contributed by atoms with Crippen molar-refractivity contribution in [3.8, 4) is 0 Å². The zero-order chi connectivity index (χ0) is 6.91. The van der Waals surface area contributed by atoms with Gasteiger partial charge in [0, 0.05) is 5.75 Å². The first-order chi connectivity index (χ1) is 4.14. The van der Waals surface area contributed by atoms with Crippen LogP contribution in [0.2, 0.25) is 0 Å². The van der Waals surface area contributed by atoms with Crippen LogP contribution in [0.4, 0.5) is 0 Å². The van der Waals surface area contributed by atoms with Gasteiger partial charge >= 0.3 is 18.9 Å². The Hall–Kier alpha value is 0.967. The van der Waals surface area contributed by atoms with E-state index in [2.05, 4.69) is 25.1 Å². The van der Waals surface area contributed by atoms with Gasteiger partial charge in [0.2, 0.25) is 0 Å². The van der Waals surface area contributed by atoms with E-state index < -0.39 is 0 Å². The molecule has 0 atom stereocenters. The summed E-state index contributed by atoms with van der Waals surface area (Å²) in [5.74, 6) is 1.10. The van der Waals surface area contributed by atoms with Gasteiger partial charge in [-0.15, -0.1) is 11.8 Å². The van der Waals surface area contributed by atoms with Crippen molar-refractivity contribution in [1.29, 1.82) is 0 Å². The molecule has 1 rings (SSSR count). The summed E-state index contributed by atoms with van der Waals surface area (Å²) in [5.41, 5.74) is 0.157. The standard InChI is InChI=1S/C6H10NS2.Li/c1-6(2)4-9-5(7-6)8-3;/h3-4H2,1-2H3;/q-1;+1. The maximum Gasteiger partial charge on any atom is 1.00 e. The van der Waals surface area contributed by atoms with Crippen LogP contribution in [0.15, 0.2) is 4.99 Å². The number of aliphatic imine (C=N–C) groups is 1. The Balaban J connectivity index is 0.000000810. The second kappa shape index (κ2) is 4.11. The Bertz CT molecular complexity index is 145. The average molecular weight is 167 g/mol. The molecule has 1 nitrogen and oxygen atoms in total. The molecule has 4 heteroatoms. The predicted molar refractivity (Wildman–Crippen MR) is 46.9 cm³/mol. The molecule has 0 fully saturated rings. The first-order valence-corrected chi connectivity index (χ1v) is 4.76. The molecule has 0 amide bonds. The summed E-state index contributed by atoms with van der Waals surface area (Å²) >= 11 is 3.30. The van der Waals surface area contributed by atoms with E-state index >= 15 is 0 Å². The minimum Gasteiger partial charge on any atom is -0.293 e. The van der Waals surface area contributed by atoms with E-state index in [9.17, 15) is 0 Å². The van der Waals surface area contributed by atoms with Gasteiger partial charge in [-0.3, -0.25) is 23.0 Å². The maximum absolute atomic E-state index is 4.42. The number of hydrogen-bond acceptors (Lipinski definition) is 3. The molecule has 0 aliphatic carbocycles. The molecule has 0 aromatic rings. The van der Waals surface area contributed by atoms with Gasteiger partial charge in [-0.25, -0.2) is 0 Å². The van der Waals surface area contributed by atoms with Crippen LogP contribution in [0.5, 0.6) is 0 Å². The fourth-order valence-corrected chi connectivity index (χ4v) is 2.30. The molecular weight excluding hydrogens is 157 g/mol. The summed E-state index contributed by atoms with van der Waals surface area (Å²) in [4.78, 5) is 4.42. The topological polar surface area (TPSA) is 12.4 Å². The number of rotatable bonds is 0. The number of thioether (sulfide) groups is 2. The van der Waals surface area contributed by atoms with E-state index in [-0.39, 0.29) is 24.4 Å². The molecule has 52 valence electrons. The van der Waals surface area contributed by atoms with Crippen molar-refractivity contribution < 1.29 is 18.9 Å². The van der Waals surface area contributed by atoms with Gasteiger partial charge in [0.1, 0.15) is 0 Å². The van der Waals surface area contributed by atoms with Crippen LogP contribution in [0.1, 0.15) is 13.8 Å². The van der Waals surface area contributed by atoms with Crippen molar-refractivity contribution in [2.24, 2.45) is 4.99 Å². The Morgan fingerprint density at radius 1 is 1.70 bits per heavy atom. The molecule has 0 bridgehead atoms. The largest absolute Gasteiger partial charge is 1.00 e. The van der Waals surface area contributed by atoms with Gasteiger partial charge in [-0.1, -0.05) is 0 Å². The van der Waals surface area contributed by atoms with Crippen molar-refractivity contribution in [3.63, 3.8) is 0 Å². The summed E-state index contributed by atoms with van der Waals surface area (Å²) in [6.45, 7) is 4.28. The Morgan fingerprint density at radius 2 is 2.30 bits per heavy atom. The zero-order valence-electron chi connectivity index (χ0n) is 6.68. The normalized spacial score (nSPS) is 21.7. The summed E-state index contributed by atoms with van der Waals surface area (Å²) in [6.07, 6.45) is 3.70. The van der Waals surface area contributed by atoms with Crippen LogP contribution in [0, 0.1) is 6.26 Å². The second-order valence-electron chi connectivity index (χ2n) is 2.62. The zero-order valence-corrected chi connectivity index (χ0v) is 8.31. The smallest absolute Gasteiger partial charge is 0.293 e. The fraction of sp³-hybridized carbons (Fsp3) is 0.667. The van der Waals surface area contributed by atoms with Crippen molar-refractivity contribution >= 4 is 27.9 Å². The van der Waals surface area contributed by atoms with E-state index in [0.29, 0.717) is 0 Å². The van der Waals surface area contributed by atoms with Crippen LogP contribution in [0.3, 0.4) is 0 Å². The first-order valence-electron chi connectivity index (χ1n) is 2.79. The fourth-order valence-electron chi connectivity index (χ4n) is 0.624. The molecule has 10 heavy (non-hydrogen) atoms. The second-order valence-corrected chi connectivity index (χ2v) is 4.52.